The van der Waals surface area contributed by atoms with Crippen LogP contribution in [0.4, 0.5) is 5.69 Å². The van der Waals surface area contributed by atoms with E-state index >= 15 is 0 Å². The number of ether oxygens (including phenoxy) is 1. The van der Waals surface area contributed by atoms with Crippen LogP contribution in [0.5, 0.6) is 0 Å². The predicted octanol–water partition coefficient (Wildman–Crippen LogP) is 3.45. The summed E-state index contributed by atoms with van der Waals surface area (Å²) in [7, 11) is 0. The van der Waals surface area contributed by atoms with Crippen LogP contribution < -0.4 is 10.6 Å². The molecular weight excluding hydrogens is 430 g/mol. The zero-order valence-corrected chi connectivity index (χ0v) is 19.0. The van der Waals surface area contributed by atoms with Crippen LogP contribution in [-0.4, -0.2) is 52.1 Å². The number of carbonyl (C=O) groups excluding carboxylic acids is 2. The molecule has 32 heavy (non-hydrogen) atoms. The minimum absolute atomic E-state index is 0.157. The van der Waals surface area contributed by atoms with Gasteiger partial charge in [-0.25, -0.2) is 0 Å². The van der Waals surface area contributed by atoms with E-state index in [9.17, 15) is 9.59 Å². The zero-order valence-electron chi connectivity index (χ0n) is 18.2. The predicted molar refractivity (Wildman–Crippen MR) is 123 cm³/mol. The first-order chi connectivity index (χ1) is 15.6. The fraction of sp³-hybridized carbons (Fsp3) is 0.364. The lowest BCUT2D eigenvalue weighted by Gasteiger charge is -2.09. The van der Waals surface area contributed by atoms with Crippen LogP contribution in [0.1, 0.15) is 30.6 Å². The van der Waals surface area contributed by atoms with Gasteiger partial charge >= 0.3 is 0 Å². The SMILES string of the molecule is CCOCCCNC(=O)c1cccc(NC(=O)CSc2nnc(-c3ccco3)n2CC)c1. The van der Waals surface area contributed by atoms with Crippen LogP contribution in [0.2, 0.25) is 0 Å². The van der Waals surface area contributed by atoms with Gasteiger partial charge in [0.1, 0.15) is 0 Å². The van der Waals surface area contributed by atoms with Gasteiger partial charge in [-0.05, 0) is 50.6 Å². The Morgan fingerprint density at radius 2 is 2.06 bits per heavy atom. The number of thioether (sulfide) groups is 1. The van der Waals surface area contributed by atoms with Crippen LogP contribution in [-0.2, 0) is 16.1 Å². The van der Waals surface area contributed by atoms with Gasteiger partial charge in [0, 0.05) is 37.6 Å². The second-order valence-electron chi connectivity index (χ2n) is 6.75. The topological polar surface area (TPSA) is 111 Å². The second kappa shape index (κ2) is 12.1. The lowest BCUT2D eigenvalue weighted by molar-refractivity contribution is -0.113. The van der Waals surface area contributed by atoms with Crippen molar-refractivity contribution in [3.63, 3.8) is 0 Å². The molecule has 2 heterocycles. The van der Waals surface area contributed by atoms with Gasteiger partial charge in [-0.3, -0.25) is 14.2 Å². The molecule has 3 aromatic rings. The highest BCUT2D eigenvalue weighted by molar-refractivity contribution is 7.99. The van der Waals surface area contributed by atoms with Crippen molar-refractivity contribution in [1.82, 2.24) is 20.1 Å². The second-order valence-corrected chi connectivity index (χ2v) is 7.69. The fourth-order valence-corrected chi connectivity index (χ4v) is 3.76. The number of benzene rings is 1. The molecule has 10 heteroatoms. The molecule has 0 saturated carbocycles. The summed E-state index contributed by atoms with van der Waals surface area (Å²) in [4.78, 5) is 24.8. The molecule has 0 atom stereocenters. The van der Waals surface area contributed by atoms with Crippen LogP contribution in [0.15, 0.2) is 52.2 Å². The van der Waals surface area contributed by atoms with Crippen molar-refractivity contribution in [3.8, 4) is 11.6 Å². The number of hydrogen-bond acceptors (Lipinski definition) is 7. The number of nitrogens with zero attached hydrogens (tertiary/aromatic N) is 3. The number of furan rings is 1. The number of amides is 2. The van der Waals surface area contributed by atoms with E-state index in [0.29, 0.717) is 54.3 Å². The first kappa shape index (κ1) is 23.6. The van der Waals surface area contributed by atoms with Gasteiger partial charge in [0.2, 0.25) is 5.91 Å². The van der Waals surface area contributed by atoms with Crippen LogP contribution in [0.25, 0.3) is 11.6 Å². The quantitative estimate of drug-likeness (QED) is 0.316. The number of rotatable bonds is 12. The monoisotopic (exact) mass is 457 g/mol. The van der Waals surface area contributed by atoms with Crippen molar-refractivity contribution >= 4 is 29.3 Å². The van der Waals surface area contributed by atoms with Gasteiger partial charge in [0.15, 0.2) is 16.7 Å². The van der Waals surface area contributed by atoms with Gasteiger partial charge in [-0.2, -0.15) is 0 Å². The zero-order chi connectivity index (χ0) is 22.8. The molecule has 0 bridgehead atoms. The van der Waals surface area contributed by atoms with Gasteiger partial charge in [-0.1, -0.05) is 17.8 Å². The molecule has 2 amide bonds. The third-order valence-electron chi connectivity index (χ3n) is 4.47. The molecule has 0 spiro atoms. The molecule has 170 valence electrons. The van der Waals surface area contributed by atoms with Crippen molar-refractivity contribution in [1.29, 1.82) is 0 Å². The van der Waals surface area contributed by atoms with Crippen LogP contribution in [0.3, 0.4) is 0 Å². The number of anilines is 1. The molecular formula is C22H27N5O4S. The van der Waals surface area contributed by atoms with Gasteiger partial charge in [0.25, 0.3) is 5.91 Å². The maximum atomic E-state index is 12.5. The highest BCUT2D eigenvalue weighted by Crippen LogP contribution is 2.24. The summed E-state index contributed by atoms with van der Waals surface area (Å²) in [6.45, 7) is 6.37. The number of carbonyl (C=O) groups is 2. The average molecular weight is 458 g/mol. The maximum Gasteiger partial charge on any atom is 0.251 e. The van der Waals surface area contributed by atoms with E-state index in [1.807, 2.05) is 24.5 Å². The summed E-state index contributed by atoms with van der Waals surface area (Å²) in [5.41, 5.74) is 1.05. The van der Waals surface area contributed by atoms with Gasteiger partial charge < -0.3 is 19.8 Å². The third-order valence-corrected chi connectivity index (χ3v) is 5.44. The Labute approximate surface area is 190 Å². The van der Waals surface area contributed by atoms with E-state index in [2.05, 4.69) is 20.8 Å². The summed E-state index contributed by atoms with van der Waals surface area (Å²) in [6, 6.07) is 10.5. The number of hydrogen-bond donors (Lipinski definition) is 2. The summed E-state index contributed by atoms with van der Waals surface area (Å²) in [6.07, 6.45) is 2.33. The molecule has 0 aliphatic rings. The molecule has 9 nitrogen and oxygen atoms in total. The summed E-state index contributed by atoms with van der Waals surface area (Å²) >= 11 is 1.29. The average Bonchev–Trinajstić information content (AvgIpc) is 3.47. The minimum Gasteiger partial charge on any atom is -0.461 e. The maximum absolute atomic E-state index is 12.5. The van der Waals surface area contributed by atoms with Crippen molar-refractivity contribution in [2.24, 2.45) is 0 Å². The molecule has 0 fully saturated rings. The summed E-state index contributed by atoms with van der Waals surface area (Å²) in [5, 5.41) is 14.7. The largest absolute Gasteiger partial charge is 0.461 e. The summed E-state index contributed by atoms with van der Waals surface area (Å²) in [5.74, 6) is 1.02. The number of nitrogens with one attached hydrogen (secondary N) is 2. The van der Waals surface area contributed by atoms with Crippen molar-refractivity contribution in [3.05, 3.63) is 48.2 Å². The highest BCUT2D eigenvalue weighted by Gasteiger charge is 2.16. The first-order valence-electron chi connectivity index (χ1n) is 10.5. The van der Waals surface area contributed by atoms with Crippen molar-refractivity contribution < 1.29 is 18.7 Å². The van der Waals surface area contributed by atoms with E-state index in [0.717, 1.165) is 6.42 Å². The van der Waals surface area contributed by atoms with Crippen LogP contribution in [0, 0.1) is 0 Å². The molecule has 0 saturated heterocycles. The first-order valence-corrected chi connectivity index (χ1v) is 11.5. The Kier molecular flexibility index (Phi) is 8.88. The standard InChI is InChI=1S/C22H27N5O4S/c1-3-27-20(18-10-6-13-31-18)25-26-22(27)32-15-19(28)24-17-9-5-8-16(14-17)21(29)23-11-7-12-30-4-2/h5-6,8-10,13-14H,3-4,7,11-12,15H2,1-2H3,(H,23,29)(H,24,28). The minimum atomic E-state index is -0.200. The van der Waals surface area contributed by atoms with Crippen molar-refractivity contribution in [2.75, 3.05) is 30.8 Å². The molecule has 1 aromatic carbocycles. The molecule has 2 N–H and O–H groups in total. The lowest BCUT2D eigenvalue weighted by atomic mass is 10.2. The number of aromatic nitrogens is 3. The Balaban J connectivity index is 1.52. The van der Waals surface area contributed by atoms with Gasteiger partial charge in [0.05, 0.1) is 12.0 Å². The van der Waals surface area contributed by atoms with Crippen LogP contribution >= 0.6 is 11.8 Å². The smallest absolute Gasteiger partial charge is 0.251 e. The Hall–Kier alpha value is -3.11. The molecule has 0 unspecified atom stereocenters. The van der Waals surface area contributed by atoms with E-state index in [-0.39, 0.29) is 17.6 Å². The van der Waals surface area contributed by atoms with E-state index in [1.54, 1.807) is 36.6 Å². The van der Waals surface area contributed by atoms with E-state index in [4.69, 9.17) is 9.15 Å². The van der Waals surface area contributed by atoms with E-state index in [1.165, 1.54) is 11.8 Å². The molecule has 0 aliphatic carbocycles. The fourth-order valence-electron chi connectivity index (χ4n) is 2.96. The molecule has 2 aromatic heterocycles. The highest BCUT2D eigenvalue weighted by atomic mass is 32.2. The Bertz CT molecular complexity index is 1020. The van der Waals surface area contributed by atoms with Gasteiger partial charge in [-0.15, -0.1) is 10.2 Å². The third kappa shape index (κ3) is 6.44. The molecule has 3 rings (SSSR count). The normalized spacial score (nSPS) is 10.8. The van der Waals surface area contributed by atoms with Crippen molar-refractivity contribution in [2.45, 2.75) is 32.0 Å². The Morgan fingerprint density at radius 3 is 2.81 bits per heavy atom. The lowest BCUT2D eigenvalue weighted by Crippen LogP contribution is -2.25. The molecule has 0 aliphatic heterocycles. The van der Waals surface area contributed by atoms with E-state index < -0.39 is 0 Å². The Morgan fingerprint density at radius 1 is 1.19 bits per heavy atom. The molecule has 0 radical (unpaired) electrons. The summed E-state index contributed by atoms with van der Waals surface area (Å²) < 4.78 is 12.6.